The van der Waals surface area contributed by atoms with Gasteiger partial charge in [-0.25, -0.2) is 0 Å². The molecule has 0 spiro atoms. The third-order valence-corrected chi connectivity index (χ3v) is 6.74. The van der Waals surface area contributed by atoms with Crippen LogP contribution in [0.5, 0.6) is 0 Å². The van der Waals surface area contributed by atoms with E-state index in [1.807, 2.05) is 27.7 Å². The van der Waals surface area contributed by atoms with Gasteiger partial charge in [-0.3, -0.25) is 33.7 Å². The number of rotatable bonds is 15. The van der Waals surface area contributed by atoms with Crippen LogP contribution >= 0.6 is 0 Å². The zero-order valence-electron chi connectivity index (χ0n) is 26.1. The Bertz CT molecular complexity index is 1070. The van der Waals surface area contributed by atoms with E-state index in [1.54, 1.807) is 38.1 Å². The summed E-state index contributed by atoms with van der Waals surface area (Å²) in [5.74, 6) is -2.08. The largest absolute Gasteiger partial charge is 0.461 e. The molecule has 1 aliphatic heterocycles. The van der Waals surface area contributed by atoms with Crippen LogP contribution in [0, 0.1) is 17.8 Å². The molecule has 0 aliphatic carbocycles. The number of likely N-dealkylation sites (tertiary alicyclic amines) is 1. The smallest absolute Gasteiger partial charge is 0.302 e. The number of amides is 5. The van der Waals surface area contributed by atoms with Gasteiger partial charge in [0, 0.05) is 37.9 Å². The molecule has 1 aromatic rings. The van der Waals surface area contributed by atoms with Crippen molar-refractivity contribution in [1.82, 2.24) is 15.5 Å². The molecule has 1 fully saturated rings. The lowest BCUT2D eigenvalue weighted by molar-refractivity contribution is -0.142. The normalized spacial score (nSPS) is 15.2. The van der Waals surface area contributed by atoms with E-state index >= 15 is 0 Å². The van der Waals surface area contributed by atoms with E-state index in [0.29, 0.717) is 31.5 Å². The number of ether oxygens (including phenoxy) is 1. The Kier molecular flexibility index (Phi) is 16.1. The molecule has 1 heterocycles. The second-order valence-corrected chi connectivity index (χ2v) is 10.8. The number of carbonyl (C=O) groups is 6. The molecule has 234 valence electrons. The van der Waals surface area contributed by atoms with E-state index in [0.717, 1.165) is 5.56 Å². The second-order valence-electron chi connectivity index (χ2n) is 10.8. The van der Waals surface area contributed by atoms with E-state index in [-0.39, 0.29) is 67.4 Å². The number of hydrogen-bond donors (Lipinski definition) is 3. The molecule has 1 saturated heterocycles. The molecular weight excluding hydrogens is 540 g/mol. The van der Waals surface area contributed by atoms with Crippen molar-refractivity contribution >= 4 is 41.2 Å². The fourth-order valence-corrected chi connectivity index (χ4v) is 4.33. The van der Waals surface area contributed by atoms with Gasteiger partial charge < -0.3 is 20.7 Å². The quantitative estimate of drug-likeness (QED) is 0.161. The van der Waals surface area contributed by atoms with Gasteiger partial charge in [-0.2, -0.15) is 0 Å². The number of anilines is 1. The number of imide groups is 1. The molecule has 42 heavy (non-hydrogen) atoms. The Morgan fingerprint density at radius 1 is 0.952 bits per heavy atom. The first-order valence-corrected chi connectivity index (χ1v) is 14.8. The molecule has 5 amide bonds. The number of nitrogens with one attached hydrogen (secondary N) is 3. The first kappa shape index (κ1) is 36.3. The monoisotopic (exact) mass is 588 g/mol. The second kappa shape index (κ2) is 18.6. The Labute approximate surface area is 249 Å². The molecular formula is C31H48N4O7. The molecule has 0 bridgehead atoms. The zero-order chi connectivity index (χ0) is 31.8. The van der Waals surface area contributed by atoms with Gasteiger partial charge in [-0.05, 0) is 42.4 Å². The van der Waals surface area contributed by atoms with E-state index in [4.69, 9.17) is 4.74 Å². The van der Waals surface area contributed by atoms with E-state index < -0.39 is 17.9 Å². The number of nitrogens with zero attached hydrogens (tertiary/aromatic N) is 1. The van der Waals surface area contributed by atoms with Crippen LogP contribution in [0.4, 0.5) is 5.69 Å². The first-order valence-electron chi connectivity index (χ1n) is 14.8. The van der Waals surface area contributed by atoms with Crippen LogP contribution in [-0.2, 0) is 40.1 Å². The average Bonchev–Trinajstić information content (AvgIpc) is 3.23. The summed E-state index contributed by atoms with van der Waals surface area (Å²) in [4.78, 5) is 74.2. The van der Waals surface area contributed by atoms with Gasteiger partial charge in [0.2, 0.25) is 29.5 Å². The fourth-order valence-electron chi connectivity index (χ4n) is 4.33. The highest BCUT2D eigenvalue weighted by Gasteiger charge is 2.39. The third-order valence-electron chi connectivity index (χ3n) is 6.74. The van der Waals surface area contributed by atoms with Crippen molar-refractivity contribution < 1.29 is 33.5 Å². The van der Waals surface area contributed by atoms with Gasteiger partial charge in [-0.1, -0.05) is 60.1 Å². The zero-order valence-corrected chi connectivity index (χ0v) is 26.1. The highest BCUT2D eigenvalue weighted by atomic mass is 16.5. The van der Waals surface area contributed by atoms with Crippen LogP contribution in [0.3, 0.4) is 0 Å². The summed E-state index contributed by atoms with van der Waals surface area (Å²) < 4.78 is 4.92. The first-order chi connectivity index (χ1) is 19.9. The minimum atomic E-state index is -0.798. The maximum atomic E-state index is 12.7. The molecule has 3 N–H and O–H groups in total. The average molecular weight is 589 g/mol. The number of carbonyl (C=O) groups excluding carboxylic acids is 6. The lowest BCUT2D eigenvalue weighted by Crippen LogP contribution is -2.51. The molecule has 2 atom stereocenters. The molecule has 0 radical (unpaired) electrons. The van der Waals surface area contributed by atoms with Gasteiger partial charge in [0.1, 0.15) is 12.6 Å². The molecule has 0 saturated carbocycles. The van der Waals surface area contributed by atoms with Crippen LogP contribution in [0.15, 0.2) is 24.3 Å². The number of esters is 1. The maximum absolute atomic E-state index is 12.7. The van der Waals surface area contributed by atoms with Crippen molar-refractivity contribution in [3.63, 3.8) is 0 Å². The van der Waals surface area contributed by atoms with E-state index in [2.05, 4.69) is 16.0 Å². The lowest BCUT2D eigenvalue weighted by atomic mass is 9.94. The van der Waals surface area contributed by atoms with Gasteiger partial charge in [0.25, 0.3) is 0 Å². The van der Waals surface area contributed by atoms with Gasteiger partial charge in [0.05, 0.1) is 6.54 Å². The van der Waals surface area contributed by atoms with Crippen molar-refractivity contribution in [2.45, 2.75) is 93.2 Å². The lowest BCUT2D eigenvalue weighted by Gasteiger charge is -2.21. The fraction of sp³-hybridized carbons (Fsp3) is 0.613. The Morgan fingerprint density at radius 3 is 2.14 bits per heavy atom. The van der Waals surface area contributed by atoms with Gasteiger partial charge >= 0.3 is 5.97 Å². The number of benzene rings is 1. The van der Waals surface area contributed by atoms with E-state index in [1.165, 1.54) is 11.8 Å². The molecule has 0 aromatic heterocycles. The van der Waals surface area contributed by atoms with Crippen LogP contribution < -0.4 is 16.0 Å². The molecule has 11 heteroatoms. The topological polar surface area (TPSA) is 151 Å². The molecule has 1 aliphatic rings. The Balaban J connectivity index is 0.00000431. The summed E-state index contributed by atoms with van der Waals surface area (Å²) in [7, 11) is 0. The maximum Gasteiger partial charge on any atom is 0.302 e. The van der Waals surface area contributed by atoms with Crippen molar-refractivity contribution in [2.75, 3.05) is 18.4 Å². The van der Waals surface area contributed by atoms with E-state index in [9.17, 15) is 28.8 Å². The Hall–Kier alpha value is -3.76. The highest BCUT2D eigenvalue weighted by molar-refractivity contribution is 6.03. The summed E-state index contributed by atoms with van der Waals surface area (Å²) in [5.41, 5.74) is 1.30. The van der Waals surface area contributed by atoms with Crippen LogP contribution in [0.1, 0.15) is 86.1 Å². The van der Waals surface area contributed by atoms with Crippen molar-refractivity contribution in [3.8, 4) is 0 Å². The molecule has 2 unspecified atom stereocenters. The predicted octanol–water partition coefficient (Wildman–Crippen LogP) is 3.56. The Morgan fingerprint density at radius 2 is 1.60 bits per heavy atom. The highest BCUT2D eigenvalue weighted by Crippen LogP contribution is 2.26. The van der Waals surface area contributed by atoms with Gasteiger partial charge in [0.15, 0.2) is 0 Å². The minimum absolute atomic E-state index is 0.105. The summed E-state index contributed by atoms with van der Waals surface area (Å²) in [6.45, 7) is 13.0. The van der Waals surface area contributed by atoms with Crippen LogP contribution in [0.2, 0.25) is 0 Å². The van der Waals surface area contributed by atoms with Crippen molar-refractivity contribution in [2.24, 2.45) is 17.8 Å². The van der Waals surface area contributed by atoms with Crippen LogP contribution in [-0.4, -0.2) is 59.5 Å². The number of hydrogen-bond acceptors (Lipinski definition) is 7. The van der Waals surface area contributed by atoms with Crippen LogP contribution in [0.25, 0.3) is 0 Å². The SMILES string of the molecule is CC.CC(=O)OCc1ccc(NC(=O)CNC(=O)C(NC(=O)CCCCCN2C(=O)CC(C(C)C)C2=O)C(C)C)cc1. The molecule has 2 rings (SSSR count). The predicted molar refractivity (Wildman–Crippen MR) is 160 cm³/mol. The number of unbranched alkanes of at least 4 members (excludes halogenated alkanes) is 2. The third kappa shape index (κ3) is 12.4. The summed E-state index contributed by atoms with van der Waals surface area (Å²) in [6.07, 6.45) is 2.32. The van der Waals surface area contributed by atoms with Crippen molar-refractivity contribution in [1.29, 1.82) is 0 Å². The molecule has 1 aromatic carbocycles. The van der Waals surface area contributed by atoms with Crippen molar-refractivity contribution in [3.05, 3.63) is 29.8 Å². The standard InChI is InChI=1S/C29H42N4O7.C2H6/c1-18(2)23-15-26(37)33(29(23)39)14-8-6-7-9-24(35)32-27(19(3)4)28(38)30-16-25(36)31-22-12-10-21(11-13-22)17-40-20(5)34;1-2/h10-13,18-19,23,27H,6-9,14-17H2,1-5H3,(H,30,38)(H,31,36)(H,32,35);1-2H3. The summed E-state index contributed by atoms with van der Waals surface area (Å²) >= 11 is 0. The summed E-state index contributed by atoms with van der Waals surface area (Å²) in [6, 6.07) is 5.97. The summed E-state index contributed by atoms with van der Waals surface area (Å²) in [5, 5.41) is 7.99. The molecule has 11 nitrogen and oxygen atoms in total. The van der Waals surface area contributed by atoms with Gasteiger partial charge in [-0.15, -0.1) is 0 Å². The minimum Gasteiger partial charge on any atom is -0.461 e.